The van der Waals surface area contributed by atoms with Crippen molar-refractivity contribution in [3.8, 4) is 0 Å². The highest BCUT2D eigenvalue weighted by Crippen LogP contribution is 2.21. The smallest absolute Gasteiger partial charge is 0.254 e. The molecule has 0 unspecified atom stereocenters. The number of para-hydroxylation sites is 2. The van der Waals surface area contributed by atoms with E-state index in [1.807, 2.05) is 59.5 Å². The average molecular weight is 370 g/mol. The number of carbonyl (C=O) groups is 1. The number of imidazole rings is 1. The maximum Gasteiger partial charge on any atom is 0.254 e. The molecule has 1 amide bonds. The number of benzene rings is 3. The summed E-state index contributed by atoms with van der Waals surface area (Å²) >= 11 is 0. The van der Waals surface area contributed by atoms with Crippen molar-refractivity contribution in [3.05, 3.63) is 78.1 Å². The number of piperazine rings is 1. The second-order valence-electron chi connectivity index (χ2n) is 7.30. The number of hydrogen-bond donors (Lipinski definition) is 1. The molecule has 1 aromatic heterocycles. The first-order valence-electron chi connectivity index (χ1n) is 9.71. The Kier molecular flexibility index (Phi) is 4.29. The van der Waals surface area contributed by atoms with E-state index in [0.717, 1.165) is 65.9 Å². The summed E-state index contributed by atoms with van der Waals surface area (Å²) in [5.74, 6) is 1.11. The van der Waals surface area contributed by atoms with Gasteiger partial charge in [0.1, 0.15) is 5.82 Å². The van der Waals surface area contributed by atoms with Gasteiger partial charge in [0.15, 0.2) is 0 Å². The molecule has 1 N–H and O–H groups in total. The topological polar surface area (TPSA) is 52.2 Å². The fourth-order valence-electron chi connectivity index (χ4n) is 3.98. The molecular formula is C23H22N4O. The summed E-state index contributed by atoms with van der Waals surface area (Å²) in [6.45, 7) is 3.97. The molecule has 0 aliphatic carbocycles. The van der Waals surface area contributed by atoms with Crippen LogP contribution in [0, 0.1) is 0 Å². The van der Waals surface area contributed by atoms with Gasteiger partial charge in [-0.3, -0.25) is 9.69 Å². The van der Waals surface area contributed by atoms with Crippen LogP contribution < -0.4 is 0 Å². The van der Waals surface area contributed by atoms with Gasteiger partial charge >= 0.3 is 0 Å². The first kappa shape index (κ1) is 17.0. The minimum Gasteiger partial charge on any atom is -0.341 e. The quantitative estimate of drug-likeness (QED) is 0.599. The van der Waals surface area contributed by atoms with Crippen molar-refractivity contribution in [2.75, 3.05) is 26.2 Å². The molecule has 5 heteroatoms. The molecule has 5 rings (SSSR count). The Morgan fingerprint density at radius 2 is 1.64 bits per heavy atom. The van der Waals surface area contributed by atoms with Crippen molar-refractivity contribution < 1.29 is 4.79 Å². The highest BCUT2D eigenvalue weighted by atomic mass is 16.2. The standard InChI is InChI=1S/C23H22N4O/c28-23(19-9-5-7-17-6-1-2-8-18(17)19)27-14-12-26(13-15-27)16-22-24-20-10-3-4-11-21(20)25-22/h1-11H,12-16H2,(H,24,25). The summed E-state index contributed by atoms with van der Waals surface area (Å²) in [6.07, 6.45) is 0. The zero-order chi connectivity index (χ0) is 18.9. The Morgan fingerprint density at radius 1 is 0.893 bits per heavy atom. The molecule has 0 saturated carbocycles. The Morgan fingerprint density at radius 3 is 2.50 bits per heavy atom. The molecule has 0 spiro atoms. The maximum absolute atomic E-state index is 13.1. The van der Waals surface area contributed by atoms with Gasteiger partial charge in [-0.2, -0.15) is 0 Å². The number of nitrogens with zero attached hydrogens (tertiary/aromatic N) is 3. The van der Waals surface area contributed by atoms with E-state index in [1.165, 1.54) is 0 Å². The molecule has 28 heavy (non-hydrogen) atoms. The monoisotopic (exact) mass is 370 g/mol. The third-order valence-electron chi connectivity index (χ3n) is 5.49. The van der Waals surface area contributed by atoms with E-state index >= 15 is 0 Å². The largest absolute Gasteiger partial charge is 0.341 e. The van der Waals surface area contributed by atoms with Gasteiger partial charge in [0, 0.05) is 31.7 Å². The Balaban J connectivity index is 1.27. The van der Waals surface area contributed by atoms with E-state index in [4.69, 9.17) is 0 Å². The average Bonchev–Trinajstić information content (AvgIpc) is 3.16. The van der Waals surface area contributed by atoms with Gasteiger partial charge in [-0.25, -0.2) is 4.98 Å². The van der Waals surface area contributed by atoms with E-state index in [9.17, 15) is 4.79 Å². The summed E-state index contributed by atoms with van der Waals surface area (Å²) in [5, 5.41) is 2.14. The number of aromatic nitrogens is 2. The number of nitrogens with one attached hydrogen (secondary N) is 1. The molecule has 5 nitrogen and oxygen atoms in total. The van der Waals surface area contributed by atoms with Gasteiger partial charge in [-0.15, -0.1) is 0 Å². The van der Waals surface area contributed by atoms with Crippen LogP contribution in [0.2, 0.25) is 0 Å². The normalized spacial score (nSPS) is 15.4. The highest BCUT2D eigenvalue weighted by Gasteiger charge is 2.23. The highest BCUT2D eigenvalue weighted by molar-refractivity contribution is 6.07. The van der Waals surface area contributed by atoms with Crippen molar-refractivity contribution in [1.82, 2.24) is 19.8 Å². The van der Waals surface area contributed by atoms with E-state index in [2.05, 4.69) is 27.0 Å². The zero-order valence-electron chi connectivity index (χ0n) is 15.6. The number of carbonyl (C=O) groups excluding carboxylic acids is 1. The Hall–Kier alpha value is -3.18. The Bertz CT molecular complexity index is 1100. The van der Waals surface area contributed by atoms with E-state index < -0.39 is 0 Å². The number of rotatable bonds is 3. The lowest BCUT2D eigenvalue weighted by Gasteiger charge is -2.34. The van der Waals surface area contributed by atoms with Crippen LogP contribution in [0.1, 0.15) is 16.2 Å². The predicted molar refractivity (Wildman–Crippen MR) is 111 cm³/mol. The van der Waals surface area contributed by atoms with Crippen molar-refractivity contribution in [2.45, 2.75) is 6.54 Å². The van der Waals surface area contributed by atoms with Crippen molar-refractivity contribution >= 4 is 27.7 Å². The van der Waals surface area contributed by atoms with E-state index in [0.29, 0.717) is 0 Å². The second kappa shape index (κ2) is 7.09. The van der Waals surface area contributed by atoms with Crippen LogP contribution in [0.4, 0.5) is 0 Å². The number of amides is 1. The molecule has 1 fully saturated rings. The first-order valence-corrected chi connectivity index (χ1v) is 9.71. The fraction of sp³-hybridized carbons (Fsp3) is 0.217. The van der Waals surface area contributed by atoms with Gasteiger partial charge in [0.05, 0.1) is 17.6 Å². The number of hydrogen-bond acceptors (Lipinski definition) is 3. The molecule has 1 aliphatic rings. The van der Waals surface area contributed by atoms with Gasteiger partial charge in [-0.05, 0) is 29.0 Å². The van der Waals surface area contributed by atoms with Crippen LogP contribution in [0.25, 0.3) is 21.8 Å². The lowest BCUT2D eigenvalue weighted by Crippen LogP contribution is -2.48. The van der Waals surface area contributed by atoms with E-state index in [-0.39, 0.29) is 5.91 Å². The summed E-state index contributed by atoms with van der Waals surface area (Å²) in [5.41, 5.74) is 2.87. The molecule has 0 radical (unpaired) electrons. The van der Waals surface area contributed by atoms with Gasteiger partial charge in [-0.1, -0.05) is 48.5 Å². The third kappa shape index (κ3) is 3.14. The Labute approximate surface area is 163 Å². The van der Waals surface area contributed by atoms with Crippen molar-refractivity contribution in [1.29, 1.82) is 0 Å². The minimum absolute atomic E-state index is 0.125. The number of H-pyrrole nitrogens is 1. The molecule has 1 aliphatic heterocycles. The van der Waals surface area contributed by atoms with Gasteiger partial charge in [0.25, 0.3) is 5.91 Å². The lowest BCUT2D eigenvalue weighted by atomic mass is 10.0. The van der Waals surface area contributed by atoms with Gasteiger partial charge < -0.3 is 9.88 Å². The summed E-state index contributed by atoms with van der Waals surface area (Å²) in [6, 6.07) is 22.1. The van der Waals surface area contributed by atoms with Crippen LogP contribution in [-0.4, -0.2) is 51.9 Å². The van der Waals surface area contributed by atoms with Crippen LogP contribution in [-0.2, 0) is 6.54 Å². The lowest BCUT2D eigenvalue weighted by molar-refractivity contribution is 0.0628. The second-order valence-corrected chi connectivity index (χ2v) is 7.30. The van der Waals surface area contributed by atoms with E-state index in [1.54, 1.807) is 0 Å². The summed E-state index contributed by atoms with van der Waals surface area (Å²) in [4.78, 5) is 25.5. The summed E-state index contributed by atoms with van der Waals surface area (Å²) < 4.78 is 0. The molecule has 3 aromatic carbocycles. The molecule has 4 aromatic rings. The van der Waals surface area contributed by atoms with Gasteiger partial charge in [0.2, 0.25) is 0 Å². The van der Waals surface area contributed by atoms with Crippen LogP contribution in [0.15, 0.2) is 66.7 Å². The first-order chi connectivity index (χ1) is 13.8. The third-order valence-corrected chi connectivity index (χ3v) is 5.49. The molecular weight excluding hydrogens is 348 g/mol. The predicted octanol–water partition coefficient (Wildman–Crippen LogP) is 3.67. The van der Waals surface area contributed by atoms with Crippen LogP contribution in [0.5, 0.6) is 0 Å². The SMILES string of the molecule is O=C(c1cccc2ccccc12)N1CCN(Cc2nc3ccccc3[nH]2)CC1. The van der Waals surface area contributed by atoms with Crippen LogP contribution in [0.3, 0.4) is 0 Å². The number of fused-ring (bicyclic) bond motifs is 2. The van der Waals surface area contributed by atoms with Crippen molar-refractivity contribution in [2.24, 2.45) is 0 Å². The molecule has 0 bridgehead atoms. The summed E-state index contributed by atoms with van der Waals surface area (Å²) in [7, 11) is 0. The molecule has 0 atom stereocenters. The minimum atomic E-state index is 0.125. The molecule has 2 heterocycles. The van der Waals surface area contributed by atoms with Crippen molar-refractivity contribution in [3.63, 3.8) is 0 Å². The maximum atomic E-state index is 13.1. The zero-order valence-corrected chi connectivity index (χ0v) is 15.6. The fourth-order valence-corrected chi connectivity index (χ4v) is 3.98. The molecule has 140 valence electrons. The van der Waals surface area contributed by atoms with Crippen LogP contribution >= 0.6 is 0 Å². The number of aromatic amines is 1. The molecule has 1 saturated heterocycles.